The minimum absolute atomic E-state index is 0.129. The molecule has 0 radical (unpaired) electrons. The molecule has 0 spiro atoms. The minimum atomic E-state index is -0.455. The summed E-state index contributed by atoms with van der Waals surface area (Å²) in [4.78, 5) is 20.6. The number of aromatic nitrogens is 5. The molecule has 4 rings (SSSR count). The van der Waals surface area contributed by atoms with Gasteiger partial charge in [-0.05, 0) is 37.3 Å². The van der Waals surface area contributed by atoms with E-state index < -0.39 is 5.91 Å². The summed E-state index contributed by atoms with van der Waals surface area (Å²) in [6.45, 7) is 1.71. The Labute approximate surface area is 147 Å². The van der Waals surface area contributed by atoms with Crippen LogP contribution < -0.4 is 10.1 Å². The average molecular weight is 350 g/mol. The van der Waals surface area contributed by atoms with Crippen molar-refractivity contribution in [3.63, 3.8) is 0 Å². The highest BCUT2D eigenvalue weighted by Gasteiger charge is 2.15. The standard InChI is InChI=1S/C17H14N6O3/c1-10-9-13(22-26-10)15(24)19-16-20-17-18-8-7-14(23(17)21-16)11-3-5-12(25-2)6-4-11/h3-9H,1-2H3,(H,19,21,24). The molecule has 0 aliphatic heterocycles. The number of methoxy groups -OCH3 is 1. The van der Waals surface area contributed by atoms with E-state index in [1.165, 1.54) is 6.07 Å². The molecule has 0 unspecified atom stereocenters. The van der Waals surface area contributed by atoms with Gasteiger partial charge in [0.05, 0.1) is 12.8 Å². The van der Waals surface area contributed by atoms with Crippen LogP contribution in [0.2, 0.25) is 0 Å². The molecule has 4 aromatic rings. The maximum Gasteiger partial charge on any atom is 0.280 e. The lowest BCUT2D eigenvalue weighted by molar-refractivity contribution is 0.101. The highest BCUT2D eigenvalue weighted by atomic mass is 16.5. The Morgan fingerprint density at radius 3 is 2.73 bits per heavy atom. The van der Waals surface area contributed by atoms with Crippen LogP contribution in [-0.2, 0) is 0 Å². The number of nitrogens with one attached hydrogen (secondary N) is 1. The maximum atomic E-state index is 12.2. The number of aryl methyl sites for hydroxylation is 1. The normalized spacial score (nSPS) is 10.8. The lowest BCUT2D eigenvalue weighted by atomic mass is 10.1. The zero-order chi connectivity index (χ0) is 18.1. The summed E-state index contributed by atoms with van der Waals surface area (Å²) in [5.74, 6) is 1.34. The van der Waals surface area contributed by atoms with E-state index in [2.05, 4.69) is 25.5 Å². The molecule has 1 N–H and O–H groups in total. The number of fused-ring (bicyclic) bond motifs is 1. The fourth-order valence-electron chi connectivity index (χ4n) is 2.47. The summed E-state index contributed by atoms with van der Waals surface area (Å²) in [5.41, 5.74) is 1.85. The highest BCUT2D eigenvalue weighted by molar-refractivity contribution is 6.01. The summed E-state index contributed by atoms with van der Waals surface area (Å²) in [6, 6.07) is 10.9. The van der Waals surface area contributed by atoms with Crippen molar-refractivity contribution < 1.29 is 14.1 Å². The van der Waals surface area contributed by atoms with Gasteiger partial charge in [0.15, 0.2) is 5.69 Å². The van der Waals surface area contributed by atoms with Crippen LogP contribution in [0.15, 0.2) is 47.1 Å². The predicted octanol–water partition coefficient (Wildman–Crippen LogP) is 2.35. The first-order chi connectivity index (χ1) is 12.6. The van der Waals surface area contributed by atoms with Gasteiger partial charge in [-0.1, -0.05) is 5.16 Å². The van der Waals surface area contributed by atoms with Crippen LogP contribution in [0.5, 0.6) is 5.75 Å². The van der Waals surface area contributed by atoms with Crippen molar-refractivity contribution in [2.75, 3.05) is 12.4 Å². The number of hydrogen-bond acceptors (Lipinski definition) is 7. The quantitative estimate of drug-likeness (QED) is 0.602. The zero-order valence-corrected chi connectivity index (χ0v) is 14.0. The Bertz CT molecular complexity index is 1080. The molecule has 0 aliphatic rings. The minimum Gasteiger partial charge on any atom is -0.497 e. The van der Waals surface area contributed by atoms with E-state index in [0.29, 0.717) is 11.5 Å². The Balaban J connectivity index is 1.67. The van der Waals surface area contributed by atoms with Gasteiger partial charge in [0, 0.05) is 17.8 Å². The molecule has 26 heavy (non-hydrogen) atoms. The van der Waals surface area contributed by atoms with Crippen LogP contribution in [0.3, 0.4) is 0 Å². The first-order valence-corrected chi connectivity index (χ1v) is 7.75. The third kappa shape index (κ3) is 2.86. The van der Waals surface area contributed by atoms with Crippen LogP contribution >= 0.6 is 0 Å². The topological polar surface area (TPSA) is 107 Å². The lowest BCUT2D eigenvalue weighted by Crippen LogP contribution is -2.13. The van der Waals surface area contributed by atoms with Gasteiger partial charge in [-0.25, -0.2) is 4.98 Å². The van der Waals surface area contributed by atoms with Crippen LogP contribution in [0.4, 0.5) is 5.95 Å². The number of hydrogen-bond donors (Lipinski definition) is 1. The molecule has 9 nitrogen and oxygen atoms in total. The van der Waals surface area contributed by atoms with Gasteiger partial charge < -0.3 is 9.26 Å². The summed E-state index contributed by atoms with van der Waals surface area (Å²) < 4.78 is 11.6. The number of ether oxygens (including phenoxy) is 1. The Morgan fingerprint density at radius 2 is 2.04 bits per heavy atom. The molecule has 0 saturated heterocycles. The fourth-order valence-corrected chi connectivity index (χ4v) is 2.47. The van der Waals surface area contributed by atoms with E-state index in [0.717, 1.165) is 17.0 Å². The van der Waals surface area contributed by atoms with Gasteiger partial charge >= 0.3 is 0 Å². The van der Waals surface area contributed by atoms with Crippen molar-refractivity contribution in [3.8, 4) is 17.0 Å². The van der Waals surface area contributed by atoms with E-state index in [4.69, 9.17) is 9.26 Å². The smallest absolute Gasteiger partial charge is 0.280 e. The fraction of sp³-hybridized carbons (Fsp3) is 0.118. The number of anilines is 1. The molecule has 3 aromatic heterocycles. The molecule has 9 heteroatoms. The van der Waals surface area contributed by atoms with Crippen molar-refractivity contribution in [1.82, 2.24) is 24.7 Å². The lowest BCUT2D eigenvalue weighted by Gasteiger charge is -2.04. The number of rotatable bonds is 4. The molecular formula is C17H14N6O3. The van der Waals surface area contributed by atoms with Gasteiger partial charge in [0.1, 0.15) is 11.5 Å². The van der Waals surface area contributed by atoms with E-state index >= 15 is 0 Å². The van der Waals surface area contributed by atoms with Gasteiger partial charge in [-0.2, -0.15) is 9.50 Å². The van der Waals surface area contributed by atoms with E-state index in [1.807, 2.05) is 30.3 Å². The van der Waals surface area contributed by atoms with Crippen LogP contribution in [0.1, 0.15) is 16.2 Å². The summed E-state index contributed by atoms with van der Waals surface area (Å²) in [7, 11) is 1.61. The number of carbonyl (C=O) groups excluding carboxylic acids is 1. The molecule has 0 aliphatic carbocycles. The molecule has 1 amide bonds. The van der Waals surface area contributed by atoms with Gasteiger partial charge in [0.25, 0.3) is 17.6 Å². The molecular weight excluding hydrogens is 336 g/mol. The number of amides is 1. The molecule has 3 heterocycles. The second-order valence-corrected chi connectivity index (χ2v) is 5.48. The van der Waals surface area contributed by atoms with E-state index in [1.54, 1.807) is 24.7 Å². The number of nitrogens with zero attached hydrogens (tertiary/aromatic N) is 5. The second kappa shape index (κ2) is 6.28. The van der Waals surface area contributed by atoms with Gasteiger partial charge in [0.2, 0.25) is 0 Å². The summed E-state index contributed by atoms with van der Waals surface area (Å²) in [6.07, 6.45) is 1.64. The number of carbonyl (C=O) groups is 1. The predicted molar refractivity (Wildman–Crippen MR) is 92.0 cm³/mol. The monoisotopic (exact) mass is 350 g/mol. The highest BCUT2D eigenvalue weighted by Crippen LogP contribution is 2.22. The van der Waals surface area contributed by atoms with Crippen molar-refractivity contribution in [2.45, 2.75) is 6.92 Å². The van der Waals surface area contributed by atoms with Crippen molar-refractivity contribution in [3.05, 3.63) is 54.0 Å². The number of benzene rings is 1. The van der Waals surface area contributed by atoms with Crippen LogP contribution in [-0.4, -0.2) is 37.8 Å². The third-order valence-corrected chi connectivity index (χ3v) is 3.71. The average Bonchev–Trinajstić information content (AvgIpc) is 3.27. The summed E-state index contributed by atoms with van der Waals surface area (Å²) in [5, 5.41) is 10.6. The Morgan fingerprint density at radius 1 is 1.23 bits per heavy atom. The van der Waals surface area contributed by atoms with Crippen LogP contribution in [0.25, 0.3) is 17.0 Å². The molecule has 1 aromatic carbocycles. The molecule has 0 fully saturated rings. The Kier molecular flexibility index (Phi) is 3.81. The van der Waals surface area contributed by atoms with E-state index in [-0.39, 0.29) is 11.6 Å². The van der Waals surface area contributed by atoms with Gasteiger partial charge in [-0.3, -0.25) is 10.1 Å². The molecule has 0 saturated carbocycles. The van der Waals surface area contributed by atoms with Crippen molar-refractivity contribution >= 4 is 17.6 Å². The molecule has 0 atom stereocenters. The first kappa shape index (κ1) is 15.8. The second-order valence-electron chi connectivity index (χ2n) is 5.48. The maximum absolute atomic E-state index is 12.2. The zero-order valence-electron chi connectivity index (χ0n) is 14.0. The van der Waals surface area contributed by atoms with Crippen molar-refractivity contribution in [2.24, 2.45) is 0 Å². The molecule has 0 bridgehead atoms. The third-order valence-electron chi connectivity index (χ3n) is 3.71. The molecule has 130 valence electrons. The van der Waals surface area contributed by atoms with Gasteiger partial charge in [-0.15, -0.1) is 5.10 Å². The first-order valence-electron chi connectivity index (χ1n) is 7.75. The largest absolute Gasteiger partial charge is 0.497 e. The van der Waals surface area contributed by atoms with Crippen LogP contribution in [0, 0.1) is 6.92 Å². The Hall–Kier alpha value is -3.75. The SMILES string of the molecule is COc1ccc(-c2ccnc3nc(NC(=O)c4cc(C)on4)nn23)cc1. The van der Waals surface area contributed by atoms with E-state index in [9.17, 15) is 4.79 Å². The van der Waals surface area contributed by atoms with Crippen molar-refractivity contribution in [1.29, 1.82) is 0 Å². The summed E-state index contributed by atoms with van der Waals surface area (Å²) >= 11 is 0.